The van der Waals surface area contributed by atoms with Gasteiger partial charge < -0.3 is 15.0 Å². The zero-order valence-electron chi connectivity index (χ0n) is 14.5. The van der Waals surface area contributed by atoms with Gasteiger partial charge in [0.15, 0.2) is 6.10 Å². The summed E-state index contributed by atoms with van der Waals surface area (Å²) in [5.41, 5.74) is 1.93. The molecule has 1 atom stereocenters. The molecule has 1 heterocycles. The van der Waals surface area contributed by atoms with Gasteiger partial charge in [-0.05, 0) is 76.5 Å². The molecule has 1 saturated heterocycles. The molecule has 2 rings (SSSR count). The lowest BCUT2D eigenvalue weighted by Crippen LogP contribution is -2.47. The fourth-order valence-corrected chi connectivity index (χ4v) is 3.02. The van der Waals surface area contributed by atoms with Gasteiger partial charge in [-0.3, -0.25) is 4.79 Å². The summed E-state index contributed by atoms with van der Waals surface area (Å²) in [4.78, 5) is 14.8. The van der Waals surface area contributed by atoms with Crippen LogP contribution in [0.15, 0.2) is 12.1 Å². The second-order valence-corrected chi connectivity index (χ2v) is 6.85. The van der Waals surface area contributed by atoms with Crippen LogP contribution in [0.1, 0.15) is 37.3 Å². The molecule has 0 spiro atoms. The maximum atomic E-state index is 12.5. The SMILES string of the molecule is CC[C@@H](Oc1cc(C)c(Cl)c(C)c1)C(=O)NC1CCN(C)CC1. The monoisotopic (exact) mass is 338 g/mol. The van der Waals surface area contributed by atoms with Gasteiger partial charge in [-0.1, -0.05) is 18.5 Å². The van der Waals surface area contributed by atoms with Crippen molar-refractivity contribution in [3.05, 3.63) is 28.3 Å². The number of piperidine rings is 1. The molecule has 1 N–H and O–H groups in total. The Morgan fingerprint density at radius 3 is 2.43 bits per heavy atom. The van der Waals surface area contributed by atoms with E-state index < -0.39 is 6.10 Å². The van der Waals surface area contributed by atoms with Crippen molar-refractivity contribution >= 4 is 17.5 Å². The van der Waals surface area contributed by atoms with Gasteiger partial charge in [-0.2, -0.15) is 0 Å². The molecule has 0 bridgehead atoms. The van der Waals surface area contributed by atoms with Crippen LogP contribution in [0.2, 0.25) is 5.02 Å². The van der Waals surface area contributed by atoms with Crippen molar-refractivity contribution in [1.82, 2.24) is 10.2 Å². The number of benzene rings is 1. The molecule has 4 nitrogen and oxygen atoms in total. The van der Waals surface area contributed by atoms with E-state index in [1.807, 2.05) is 32.9 Å². The number of carbonyl (C=O) groups is 1. The first-order chi connectivity index (χ1) is 10.9. The van der Waals surface area contributed by atoms with Crippen LogP contribution in [0.5, 0.6) is 5.75 Å². The quantitative estimate of drug-likeness (QED) is 0.895. The van der Waals surface area contributed by atoms with Crippen molar-refractivity contribution in [3.63, 3.8) is 0 Å². The van der Waals surface area contributed by atoms with Crippen LogP contribution >= 0.6 is 11.6 Å². The number of ether oxygens (including phenoxy) is 1. The van der Waals surface area contributed by atoms with Crippen molar-refractivity contribution < 1.29 is 9.53 Å². The van der Waals surface area contributed by atoms with Crippen LogP contribution in [0.4, 0.5) is 0 Å². The second-order valence-electron chi connectivity index (χ2n) is 6.47. The lowest BCUT2D eigenvalue weighted by atomic mass is 10.1. The van der Waals surface area contributed by atoms with E-state index in [1.165, 1.54) is 0 Å². The average molecular weight is 339 g/mol. The summed E-state index contributed by atoms with van der Waals surface area (Å²) >= 11 is 6.18. The number of rotatable bonds is 5. The van der Waals surface area contributed by atoms with E-state index >= 15 is 0 Å². The highest BCUT2D eigenvalue weighted by Gasteiger charge is 2.24. The number of aryl methyl sites for hydroxylation is 2. The number of nitrogens with zero attached hydrogens (tertiary/aromatic N) is 1. The molecule has 1 aromatic carbocycles. The van der Waals surface area contributed by atoms with Gasteiger partial charge in [0.1, 0.15) is 5.75 Å². The number of amides is 1. The number of likely N-dealkylation sites (tertiary alicyclic amines) is 1. The maximum Gasteiger partial charge on any atom is 0.261 e. The highest BCUT2D eigenvalue weighted by molar-refractivity contribution is 6.32. The predicted molar refractivity (Wildman–Crippen MR) is 94.3 cm³/mol. The second kappa shape index (κ2) is 8.02. The normalized spacial score (nSPS) is 17.8. The van der Waals surface area contributed by atoms with Crippen molar-refractivity contribution in [2.75, 3.05) is 20.1 Å². The van der Waals surface area contributed by atoms with E-state index in [0.717, 1.165) is 42.1 Å². The fraction of sp³-hybridized carbons (Fsp3) is 0.611. The predicted octanol–water partition coefficient (Wildman–Crippen LogP) is 3.32. The third-order valence-corrected chi connectivity index (χ3v) is 5.01. The average Bonchev–Trinajstić information content (AvgIpc) is 2.52. The first kappa shape index (κ1) is 18.1. The molecule has 1 aliphatic rings. The largest absolute Gasteiger partial charge is 0.481 e. The molecule has 1 aromatic rings. The summed E-state index contributed by atoms with van der Waals surface area (Å²) in [6.45, 7) is 7.91. The van der Waals surface area contributed by atoms with E-state index in [9.17, 15) is 4.79 Å². The molecule has 0 radical (unpaired) electrons. The smallest absolute Gasteiger partial charge is 0.261 e. The van der Waals surface area contributed by atoms with E-state index in [2.05, 4.69) is 17.3 Å². The zero-order chi connectivity index (χ0) is 17.0. The molecule has 0 unspecified atom stereocenters. The molecule has 1 aliphatic heterocycles. The van der Waals surface area contributed by atoms with Crippen molar-refractivity contribution in [2.45, 2.75) is 52.2 Å². The molecule has 1 amide bonds. The van der Waals surface area contributed by atoms with E-state index in [4.69, 9.17) is 16.3 Å². The lowest BCUT2D eigenvalue weighted by molar-refractivity contribution is -0.129. The number of hydrogen-bond acceptors (Lipinski definition) is 3. The van der Waals surface area contributed by atoms with Crippen LogP contribution in [0.25, 0.3) is 0 Å². The topological polar surface area (TPSA) is 41.6 Å². The Morgan fingerprint density at radius 1 is 1.35 bits per heavy atom. The molecule has 0 aliphatic carbocycles. The summed E-state index contributed by atoms with van der Waals surface area (Å²) in [5, 5.41) is 3.89. The van der Waals surface area contributed by atoms with Crippen molar-refractivity contribution in [3.8, 4) is 5.75 Å². The van der Waals surface area contributed by atoms with E-state index in [-0.39, 0.29) is 11.9 Å². The maximum absolute atomic E-state index is 12.5. The minimum absolute atomic E-state index is 0.0210. The minimum atomic E-state index is -0.463. The van der Waals surface area contributed by atoms with Crippen LogP contribution < -0.4 is 10.1 Å². The van der Waals surface area contributed by atoms with Crippen LogP contribution in [0, 0.1) is 13.8 Å². The Kier molecular flexibility index (Phi) is 6.31. The Hall–Kier alpha value is -1.26. The molecule has 1 fully saturated rings. The number of carbonyl (C=O) groups excluding carboxylic acids is 1. The number of nitrogens with one attached hydrogen (secondary N) is 1. The Balaban J connectivity index is 1.97. The first-order valence-electron chi connectivity index (χ1n) is 8.33. The molecule has 23 heavy (non-hydrogen) atoms. The first-order valence-corrected chi connectivity index (χ1v) is 8.70. The summed E-state index contributed by atoms with van der Waals surface area (Å²) in [5.74, 6) is 0.682. The summed E-state index contributed by atoms with van der Waals surface area (Å²) in [7, 11) is 2.11. The molecular formula is C18H27ClN2O2. The summed E-state index contributed by atoms with van der Waals surface area (Å²) < 4.78 is 5.92. The van der Waals surface area contributed by atoms with Crippen LogP contribution in [-0.2, 0) is 4.79 Å². The zero-order valence-corrected chi connectivity index (χ0v) is 15.2. The van der Waals surface area contributed by atoms with Gasteiger partial charge in [0.05, 0.1) is 0 Å². The van der Waals surface area contributed by atoms with Crippen LogP contribution in [-0.4, -0.2) is 43.1 Å². The Morgan fingerprint density at radius 2 is 1.91 bits per heavy atom. The molecule has 0 aromatic heterocycles. The van der Waals surface area contributed by atoms with Gasteiger partial charge in [-0.15, -0.1) is 0 Å². The van der Waals surface area contributed by atoms with Crippen molar-refractivity contribution in [2.24, 2.45) is 0 Å². The van der Waals surface area contributed by atoms with Crippen molar-refractivity contribution in [1.29, 1.82) is 0 Å². The Labute approximate surface area is 144 Å². The number of hydrogen-bond donors (Lipinski definition) is 1. The third kappa shape index (κ3) is 4.85. The molecule has 5 heteroatoms. The standard InChI is InChI=1S/C18H27ClN2O2/c1-5-16(18(22)20-14-6-8-21(4)9-7-14)23-15-10-12(2)17(19)13(3)11-15/h10-11,14,16H,5-9H2,1-4H3,(H,20,22)/t16-/m1/s1. The fourth-order valence-electron chi connectivity index (χ4n) is 2.91. The van der Waals surface area contributed by atoms with Gasteiger partial charge >= 0.3 is 0 Å². The Bertz CT molecular complexity index is 531. The van der Waals surface area contributed by atoms with Gasteiger partial charge in [-0.25, -0.2) is 0 Å². The summed E-state index contributed by atoms with van der Waals surface area (Å²) in [6, 6.07) is 4.03. The molecule has 128 valence electrons. The third-order valence-electron chi connectivity index (χ3n) is 4.42. The minimum Gasteiger partial charge on any atom is -0.481 e. The van der Waals surface area contributed by atoms with E-state index in [0.29, 0.717) is 12.2 Å². The highest BCUT2D eigenvalue weighted by atomic mass is 35.5. The van der Waals surface area contributed by atoms with Gasteiger partial charge in [0, 0.05) is 11.1 Å². The van der Waals surface area contributed by atoms with Crippen LogP contribution in [0.3, 0.4) is 0 Å². The number of halogens is 1. The van der Waals surface area contributed by atoms with E-state index in [1.54, 1.807) is 0 Å². The molecular weight excluding hydrogens is 312 g/mol. The van der Waals surface area contributed by atoms with Gasteiger partial charge in [0.2, 0.25) is 0 Å². The highest BCUT2D eigenvalue weighted by Crippen LogP contribution is 2.26. The lowest BCUT2D eigenvalue weighted by Gasteiger charge is -2.30. The summed E-state index contributed by atoms with van der Waals surface area (Å²) in [6.07, 6.45) is 2.17. The molecule has 0 saturated carbocycles. The van der Waals surface area contributed by atoms with Gasteiger partial charge in [0.25, 0.3) is 5.91 Å².